The molecule has 6 nitrogen and oxygen atoms in total. The highest BCUT2D eigenvalue weighted by Gasteiger charge is 2.30. The Balaban J connectivity index is 1.24. The van der Waals surface area contributed by atoms with Crippen LogP contribution < -0.4 is 4.74 Å². The van der Waals surface area contributed by atoms with E-state index in [1.54, 1.807) is 0 Å². The number of nitrogens with zero attached hydrogens (tertiary/aromatic N) is 3. The number of fused-ring (bicyclic) bond motifs is 1. The van der Waals surface area contributed by atoms with Crippen LogP contribution in [0, 0.1) is 11.8 Å². The maximum Gasteiger partial charge on any atom is 0.233 e. The predicted octanol–water partition coefficient (Wildman–Crippen LogP) is 2.01. The first-order valence-electron chi connectivity index (χ1n) is 9.64. The van der Waals surface area contributed by atoms with Crippen LogP contribution in [0.1, 0.15) is 43.4 Å². The van der Waals surface area contributed by atoms with Crippen LogP contribution in [0.5, 0.6) is 5.88 Å². The lowest BCUT2D eigenvalue weighted by Gasteiger charge is -2.33. The summed E-state index contributed by atoms with van der Waals surface area (Å²) in [5, 5.41) is 8.54. The minimum atomic E-state index is 0.0820. The molecule has 0 bridgehead atoms. The van der Waals surface area contributed by atoms with Crippen LogP contribution in [0.4, 0.5) is 0 Å². The summed E-state index contributed by atoms with van der Waals surface area (Å²) in [7, 11) is 0. The van der Waals surface area contributed by atoms with Crippen molar-refractivity contribution in [1.29, 1.82) is 0 Å². The third-order valence-electron chi connectivity index (χ3n) is 5.72. The van der Waals surface area contributed by atoms with Gasteiger partial charge in [0.05, 0.1) is 24.8 Å². The molecule has 1 unspecified atom stereocenters. The fourth-order valence-electron chi connectivity index (χ4n) is 4.05. The van der Waals surface area contributed by atoms with E-state index in [4.69, 9.17) is 9.47 Å². The average Bonchev–Trinajstić information content (AvgIpc) is 3.21. The second kappa shape index (κ2) is 7.68. The van der Waals surface area contributed by atoms with Crippen molar-refractivity contribution in [2.45, 2.75) is 44.9 Å². The second-order valence-electron chi connectivity index (χ2n) is 7.50. The lowest BCUT2D eigenvalue weighted by atomic mass is 9.96. The fraction of sp³-hybridized carbons (Fsp3) is 0.737. The first kappa shape index (κ1) is 16.8. The number of amides is 1. The van der Waals surface area contributed by atoms with Crippen molar-refractivity contribution in [3.8, 4) is 5.88 Å². The highest BCUT2D eigenvalue weighted by molar-refractivity contribution is 5.79. The van der Waals surface area contributed by atoms with Crippen molar-refractivity contribution >= 4 is 5.91 Å². The molecule has 136 valence electrons. The van der Waals surface area contributed by atoms with E-state index < -0.39 is 0 Å². The lowest BCUT2D eigenvalue weighted by molar-refractivity contribution is -0.137. The van der Waals surface area contributed by atoms with Gasteiger partial charge in [-0.05, 0) is 56.4 Å². The van der Waals surface area contributed by atoms with Crippen LogP contribution >= 0.6 is 0 Å². The molecule has 1 aliphatic carbocycles. The minimum absolute atomic E-state index is 0.0820. The zero-order valence-corrected chi connectivity index (χ0v) is 14.8. The minimum Gasteiger partial charge on any atom is -0.476 e. The van der Waals surface area contributed by atoms with Crippen molar-refractivity contribution in [2.24, 2.45) is 11.8 Å². The predicted molar refractivity (Wildman–Crippen MR) is 92.4 cm³/mol. The summed E-state index contributed by atoms with van der Waals surface area (Å²) in [6.07, 6.45) is 7.45. The number of ether oxygens (including phenoxy) is 2. The number of rotatable bonds is 4. The van der Waals surface area contributed by atoms with Crippen LogP contribution in [0.15, 0.2) is 6.07 Å². The van der Waals surface area contributed by atoms with Crippen molar-refractivity contribution in [2.75, 3.05) is 32.9 Å². The summed E-state index contributed by atoms with van der Waals surface area (Å²) < 4.78 is 11.2. The smallest absolute Gasteiger partial charge is 0.233 e. The Bertz CT molecular complexity index is 608. The molecule has 0 spiro atoms. The molecule has 0 N–H and O–H groups in total. The van der Waals surface area contributed by atoms with Gasteiger partial charge < -0.3 is 14.4 Å². The fourth-order valence-corrected chi connectivity index (χ4v) is 4.05. The molecule has 0 radical (unpaired) electrons. The van der Waals surface area contributed by atoms with Gasteiger partial charge in [0.1, 0.15) is 0 Å². The Morgan fingerprint density at radius 3 is 2.84 bits per heavy atom. The molecule has 1 aromatic heterocycles. The topological polar surface area (TPSA) is 64.5 Å². The maximum atomic E-state index is 12.4. The van der Waals surface area contributed by atoms with Gasteiger partial charge in [0.2, 0.25) is 11.8 Å². The van der Waals surface area contributed by atoms with Crippen molar-refractivity contribution in [3.63, 3.8) is 0 Å². The Morgan fingerprint density at radius 2 is 2.04 bits per heavy atom. The Labute approximate surface area is 148 Å². The van der Waals surface area contributed by atoms with E-state index in [1.165, 1.54) is 18.4 Å². The van der Waals surface area contributed by atoms with Crippen molar-refractivity contribution < 1.29 is 14.3 Å². The van der Waals surface area contributed by atoms with Gasteiger partial charge in [0, 0.05) is 25.8 Å². The number of carbonyl (C=O) groups excluding carboxylic acids is 1. The second-order valence-corrected chi connectivity index (χ2v) is 7.50. The van der Waals surface area contributed by atoms with Gasteiger partial charge in [0.25, 0.3) is 0 Å². The highest BCUT2D eigenvalue weighted by Crippen LogP contribution is 2.24. The maximum absolute atomic E-state index is 12.4. The zero-order chi connectivity index (χ0) is 17.1. The van der Waals surface area contributed by atoms with E-state index in [9.17, 15) is 4.79 Å². The Morgan fingerprint density at radius 1 is 1.20 bits per heavy atom. The molecule has 2 saturated heterocycles. The molecular weight excluding hydrogens is 318 g/mol. The van der Waals surface area contributed by atoms with Gasteiger partial charge in [-0.2, -0.15) is 5.10 Å². The summed E-state index contributed by atoms with van der Waals surface area (Å²) in [4.78, 5) is 14.4. The molecule has 1 amide bonds. The molecule has 2 aliphatic heterocycles. The first-order valence-corrected chi connectivity index (χ1v) is 9.64. The molecule has 0 aromatic carbocycles. The molecule has 4 rings (SSSR count). The summed E-state index contributed by atoms with van der Waals surface area (Å²) in [6.45, 7) is 3.65. The van der Waals surface area contributed by atoms with Gasteiger partial charge >= 0.3 is 0 Å². The van der Waals surface area contributed by atoms with E-state index in [-0.39, 0.29) is 11.8 Å². The largest absolute Gasteiger partial charge is 0.476 e. The summed E-state index contributed by atoms with van der Waals surface area (Å²) in [6, 6.07) is 2.07. The summed E-state index contributed by atoms with van der Waals surface area (Å²) in [5.41, 5.74) is 2.44. The van der Waals surface area contributed by atoms with Crippen LogP contribution in [0.25, 0.3) is 0 Å². The van der Waals surface area contributed by atoms with E-state index in [0.29, 0.717) is 25.0 Å². The van der Waals surface area contributed by atoms with Gasteiger partial charge in [-0.25, -0.2) is 0 Å². The molecule has 3 aliphatic rings. The summed E-state index contributed by atoms with van der Waals surface area (Å²) in [5.74, 6) is 1.50. The van der Waals surface area contributed by atoms with Crippen LogP contribution in [0.3, 0.4) is 0 Å². The number of piperidine rings is 1. The van der Waals surface area contributed by atoms with Crippen molar-refractivity contribution in [1.82, 2.24) is 15.1 Å². The lowest BCUT2D eigenvalue weighted by Crippen LogP contribution is -2.42. The molecule has 6 heteroatoms. The number of hydrogen-bond donors (Lipinski definition) is 0. The van der Waals surface area contributed by atoms with Gasteiger partial charge in [-0.1, -0.05) is 0 Å². The molecule has 1 atom stereocenters. The summed E-state index contributed by atoms with van der Waals surface area (Å²) >= 11 is 0. The highest BCUT2D eigenvalue weighted by atomic mass is 16.5. The zero-order valence-electron chi connectivity index (χ0n) is 14.8. The van der Waals surface area contributed by atoms with Crippen LogP contribution in [-0.2, 0) is 22.4 Å². The Hall–Kier alpha value is -1.69. The Kier molecular flexibility index (Phi) is 5.15. The third-order valence-corrected chi connectivity index (χ3v) is 5.72. The molecule has 25 heavy (non-hydrogen) atoms. The van der Waals surface area contributed by atoms with Gasteiger partial charge in [-0.3, -0.25) is 4.79 Å². The third kappa shape index (κ3) is 3.94. The molecule has 1 aromatic rings. The monoisotopic (exact) mass is 345 g/mol. The number of carbonyl (C=O) groups is 1. The number of aryl methyl sites for hydroxylation is 2. The molecule has 0 saturated carbocycles. The van der Waals surface area contributed by atoms with Crippen molar-refractivity contribution in [3.05, 3.63) is 17.3 Å². The number of hydrogen-bond acceptors (Lipinski definition) is 5. The average molecular weight is 345 g/mol. The number of aromatic nitrogens is 2. The van der Waals surface area contributed by atoms with Crippen LogP contribution in [-0.4, -0.2) is 53.9 Å². The van der Waals surface area contributed by atoms with E-state index in [1.807, 2.05) is 4.90 Å². The first-order chi connectivity index (χ1) is 12.3. The quantitative estimate of drug-likeness (QED) is 0.835. The van der Waals surface area contributed by atoms with E-state index in [2.05, 4.69) is 16.3 Å². The molecule has 3 heterocycles. The standard InChI is InChI=1S/C19H27N3O3/c23-19(16-7-10-24-13-16)22-8-5-14(6-9-22)12-25-18-11-15-3-1-2-4-17(15)20-21-18/h11,14,16H,1-10,12-13H2. The number of likely N-dealkylation sites (tertiary alicyclic amines) is 1. The van der Waals surface area contributed by atoms with E-state index >= 15 is 0 Å². The normalized spacial score (nSPS) is 24.2. The van der Waals surface area contributed by atoms with E-state index in [0.717, 1.165) is 57.5 Å². The van der Waals surface area contributed by atoms with Gasteiger partial charge in [0.15, 0.2) is 0 Å². The molecule has 2 fully saturated rings. The van der Waals surface area contributed by atoms with Gasteiger partial charge in [-0.15, -0.1) is 5.10 Å². The molecular formula is C19H27N3O3. The van der Waals surface area contributed by atoms with Crippen LogP contribution in [0.2, 0.25) is 0 Å². The SMILES string of the molecule is O=C(C1CCOC1)N1CCC(COc2cc3c(nn2)CCCC3)CC1.